The van der Waals surface area contributed by atoms with Crippen molar-refractivity contribution in [1.29, 1.82) is 0 Å². The first-order valence-electron chi connectivity index (χ1n) is 4.04. The third-order valence-corrected chi connectivity index (χ3v) is 2.52. The van der Waals surface area contributed by atoms with Crippen LogP contribution in [0.1, 0.15) is 11.3 Å². The number of rotatable bonds is 3. The van der Waals surface area contributed by atoms with Gasteiger partial charge in [-0.25, -0.2) is 0 Å². The molecule has 1 aliphatic rings. The molecule has 1 aromatic heterocycles. The van der Waals surface area contributed by atoms with Crippen LogP contribution < -0.4 is 5.32 Å². The largest absolute Gasteiger partial charge is 0.371 e. The van der Waals surface area contributed by atoms with Gasteiger partial charge in [0.25, 0.3) is 0 Å². The Morgan fingerprint density at radius 3 is 3.42 bits per heavy atom. The fourth-order valence-electron chi connectivity index (χ4n) is 1.22. The highest BCUT2D eigenvalue weighted by atomic mass is 32.1. The van der Waals surface area contributed by atoms with Crippen LogP contribution in [0.4, 0.5) is 0 Å². The molecule has 5 heteroatoms. The zero-order valence-electron chi connectivity index (χ0n) is 6.69. The van der Waals surface area contributed by atoms with E-state index in [0.29, 0.717) is 12.7 Å². The van der Waals surface area contributed by atoms with Crippen molar-refractivity contribution in [2.45, 2.75) is 19.1 Å². The van der Waals surface area contributed by atoms with Crippen molar-refractivity contribution in [2.24, 2.45) is 0 Å². The first-order chi connectivity index (χ1) is 5.95. The number of nitrogens with zero attached hydrogens (tertiary/aromatic N) is 2. The maximum Gasteiger partial charge on any atom is 0.0846 e. The van der Waals surface area contributed by atoms with E-state index in [9.17, 15) is 0 Å². The van der Waals surface area contributed by atoms with Gasteiger partial charge in [-0.1, -0.05) is 4.49 Å². The van der Waals surface area contributed by atoms with Crippen molar-refractivity contribution in [1.82, 2.24) is 14.9 Å². The Kier molecular flexibility index (Phi) is 2.65. The van der Waals surface area contributed by atoms with Crippen LogP contribution in [0.2, 0.25) is 0 Å². The van der Waals surface area contributed by atoms with Gasteiger partial charge >= 0.3 is 0 Å². The molecule has 4 nitrogen and oxygen atoms in total. The molecule has 1 atom stereocenters. The predicted molar refractivity (Wildman–Crippen MR) is 46.0 cm³/mol. The summed E-state index contributed by atoms with van der Waals surface area (Å²) in [6, 6.07) is 0. The van der Waals surface area contributed by atoms with Gasteiger partial charge in [0, 0.05) is 6.54 Å². The highest BCUT2D eigenvalue weighted by Gasteiger charge is 2.14. The number of aromatic nitrogens is 2. The smallest absolute Gasteiger partial charge is 0.0846 e. The van der Waals surface area contributed by atoms with Gasteiger partial charge < -0.3 is 10.1 Å². The zero-order chi connectivity index (χ0) is 8.23. The predicted octanol–water partition coefficient (Wildman–Crippen LogP) is 0.417. The van der Waals surface area contributed by atoms with Crippen molar-refractivity contribution in [3.05, 3.63) is 11.1 Å². The zero-order valence-corrected chi connectivity index (χ0v) is 7.51. The number of hydrogen-bond acceptors (Lipinski definition) is 5. The molecule has 0 saturated carbocycles. The third-order valence-electron chi connectivity index (χ3n) is 1.88. The second-order valence-corrected chi connectivity index (χ2v) is 3.68. The summed E-state index contributed by atoms with van der Waals surface area (Å²) in [6.07, 6.45) is 3.26. The van der Waals surface area contributed by atoms with Crippen molar-refractivity contribution in [3.63, 3.8) is 0 Å². The number of hydrogen-bond donors (Lipinski definition) is 1. The van der Waals surface area contributed by atoms with Crippen molar-refractivity contribution in [2.75, 3.05) is 13.1 Å². The molecule has 2 rings (SSSR count). The Morgan fingerprint density at radius 1 is 1.75 bits per heavy atom. The fraction of sp³-hybridized carbons (Fsp3) is 0.714. The first kappa shape index (κ1) is 8.10. The van der Waals surface area contributed by atoms with Gasteiger partial charge in [0.05, 0.1) is 23.8 Å². The van der Waals surface area contributed by atoms with Gasteiger partial charge in [-0.2, -0.15) is 0 Å². The minimum atomic E-state index is 0.382. The summed E-state index contributed by atoms with van der Waals surface area (Å²) < 4.78 is 9.38. The number of ether oxygens (including phenoxy) is 1. The molecule has 0 amide bonds. The normalized spacial score (nSPS) is 23.2. The molecule has 1 aromatic rings. The molecule has 0 spiro atoms. The van der Waals surface area contributed by atoms with Crippen LogP contribution in [0.25, 0.3) is 0 Å². The van der Waals surface area contributed by atoms with Crippen LogP contribution >= 0.6 is 11.5 Å². The standard InChI is InChI=1S/C7H11N3OS/c1-2-8-3-6(1)11-5-7-4-9-10-12-7/h4,6,8H,1-3,5H2. The minimum absolute atomic E-state index is 0.382. The maximum atomic E-state index is 5.62. The highest BCUT2D eigenvalue weighted by Crippen LogP contribution is 2.09. The van der Waals surface area contributed by atoms with E-state index in [1.807, 2.05) is 0 Å². The Bertz CT molecular complexity index is 221. The van der Waals surface area contributed by atoms with E-state index >= 15 is 0 Å². The van der Waals surface area contributed by atoms with Crippen LogP contribution in [0.15, 0.2) is 6.20 Å². The molecule has 0 aliphatic carbocycles. The SMILES string of the molecule is c1nnsc1COC1CCNC1. The average molecular weight is 185 g/mol. The molecule has 1 N–H and O–H groups in total. The van der Waals surface area contributed by atoms with E-state index < -0.39 is 0 Å². The second-order valence-electron chi connectivity index (χ2n) is 2.81. The molecular weight excluding hydrogens is 174 g/mol. The van der Waals surface area contributed by atoms with Gasteiger partial charge in [0.1, 0.15) is 0 Å². The molecule has 1 saturated heterocycles. The van der Waals surface area contributed by atoms with Crippen LogP contribution in [0.3, 0.4) is 0 Å². The Morgan fingerprint density at radius 2 is 2.75 bits per heavy atom. The molecule has 66 valence electrons. The molecule has 1 unspecified atom stereocenters. The van der Waals surface area contributed by atoms with E-state index in [4.69, 9.17) is 4.74 Å². The lowest BCUT2D eigenvalue weighted by molar-refractivity contribution is 0.0558. The molecular formula is C7H11N3OS. The van der Waals surface area contributed by atoms with E-state index in [-0.39, 0.29) is 0 Å². The van der Waals surface area contributed by atoms with E-state index in [0.717, 1.165) is 24.4 Å². The van der Waals surface area contributed by atoms with Gasteiger partial charge in [0.15, 0.2) is 0 Å². The lowest BCUT2D eigenvalue weighted by Crippen LogP contribution is -2.16. The van der Waals surface area contributed by atoms with Gasteiger partial charge in [-0.05, 0) is 24.5 Å². The third kappa shape index (κ3) is 2.00. The maximum absolute atomic E-state index is 5.62. The molecule has 12 heavy (non-hydrogen) atoms. The van der Waals surface area contributed by atoms with Gasteiger partial charge in [-0.15, -0.1) is 5.10 Å². The highest BCUT2D eigenvalue weighted by molar-refractivity contribution is 7.05. The average Bonchev–Trinajstić information content (AvgIpc) is 2.74. The van der Waals surface area contributed by atoms with Crippen LogP contribution in [0.5, 0.6) is 0 Å². The Balaban J connectivity index is 1.74. The lowest BCUT2D eigenvalue weighted by Gasteiger charge is -2.07. The molecule has 1 fully saturated rings. The lowest BCUT2D eigenvalue weighted by atomic mass is 10.3. The monoisotopic (exact) mass is 185 g/mol. The van der Waals surface area contributed by atoms with Crippen molar-refractivity contribution >= 4 is 11.5 Å². The number of nitrogens with one attached hydrogen (secondary N) is 1. The molecule has 1 aliphatic heterocycles. The Labute approximate surface area is 75.1 Å². The van der Waals surface area contributed by atoms with E-state index in [1.54, 1.807) is 6.20 Å². The summed E-state index contributed by atoms with van der Waals surface area (Å²) in [5.74, 6) is 0. The first-order valence-corrected chi connectivity index (χ1v) is 4.81. The summed E-state index contributed by atoms with van der Waals surface area (Å²) in [4.78, 5) is 1.10. The van der Waals surface area contributed by atoms with Gasteiger partial charge in [-0.3, -0.25) is 0 Å². The summed E-state index contributed by atoms with van der Waals surface area (Å²) in [7, 11) is 0. The van der Waals surface area contributed by atoms with Crippen LogP contribution in [-0.2, 0) is 11.3 Å². The van der Waals surface area contributed by atoms with Gasteiger partial charge in [0.2, 0.25) is 0 Å². The fourth-order valence-corrected chi connectivity index (χ4v) is 1.64. The summed E-state index contributed by atoms with van der Waals surface area (Å²) in [5.41, 5.74) is 0. The topological polar surface area (TPSA) is 47.0 Å². The molecule has 2 heterocycles. The minimum Gasteiger partial charge on any atom is -0.371 e. The molecule has 0 radical (unpaired) electrons. The van der Waals surface area contributed by atoms with Crippen molar-refractivity contribution in [3.8, 4) is 0 Å². The second kappa shape index (κ2) is 3.93. The van der Waals surface area contributed by atoms with Crippen molar-refractivity contribution < 1.29 is 4.74 Å². The van der Waals surface area contributed by atoms with Crippen LogP contribution in [-0.4, -0.2) is 28.8 Å². The summed E-state index contributed by atoms with van der Waals surface area (Å²) in [5, 5.41) is 6.99. The van der Waals surface area contributed by atoms with E-state index in [2.05, 4.69) is 14.9 Å². The Hall–Kier alpha value is -0.520. The quantitative estimate of drug-likeness (QED) is 0.741. The van der Waals surface area contributed by atoms with Crippen LogP contribution in [0, 0.1) is 0 Å². The summed E-state index contributed by atoms with van der Waals surface area (Å²) >= 11 is 1.40. The summed E-state index contributed by atoms with van der Waals surface area (Å²) in [6.45, 7) is 2.71. The molecule has 0 bridgehead atoms. The van der Waals surface area contributed by atoms with E-state index in [1.165, 1.54) is 11.5 Å². The molecule has 0 aromatic carbocycles.